The van der Waals surface area contributed by atoms with Crippen LogP contribution < -0.4 is 0 Å². The molecule has 0 spiro atoms. The molecule has 1 aliphatic rings. The molecule has 0 radical (unpaired) electrons. The summed E-state index contributed by atoms with van der Waals surface area (Å²) in [5.41, 5.74) is 0.787. The second kappa shape index (κ2) is 9.98. The molecular weight excluding hydrogens is 436 g/mol. The molecule has 2 aromatic carbocycles. The third kappa shape index (κ3) is 5.66. The number of hydrogen-bond donors (Lipinski definition) is 0. The molecule has 1 fully saturated rings. The van der Waals surface area contributed by atoms with E-state index >= 15 is 0 Å². The Morgan fingerprint density at radius 1 is 1.16 bits per heavy atom. The van der Waals surface area contributed by atoms with Crippen LogP contribution in [-0.2, 0) is 19.4 Å². The molecule has 3 rings (SSSR count). The highest BCUT2D eigenvalue weighted by Crippen LogP contribution is 2.32. The van der Waals surface area contributed by atoms with Gasteiger partial charge in [-0.05, 0) is 37.6 Å². The summed E-state index contributed by atoms with van der Waals surface area (Å²) >= 11 is 1.27. The summed E-state index contributed by atoms with van der Waals surface area (Å²) in [5.74, 6) is -1.06. The first-order valence-electron chi connectivity index (χ1n) is 9.77. The van der Waals surface area contributed by atoms with E-state index in [1.54, 1.807) is 49.4 Å². The Hall–Kier alpha value is -2.83. The minimum atomic E-state index is -3.13. The van der Waals surface area contributed by atoms with Gasteiger partial charge in [-0.2, -0.15) is 5.26 Å². The van der Waals surface area contributed by atoms with Crippen molar-refractivity contribution in [3.63, 3.8) is 0 Å². The molecule has 1 saturated heterocycles. The van der Waals surface area contributed by atoms with Crippen molar-refractivity contribution in [1.29, 1.82) is 5.26 Å². The summed E-state index contributed by atoms with van der Waals surface area (Å²) in [5, 5.41) is 9.28. The van der Waals surface area contributed by atoms with Gasteiger partial charge in [-0.1, -0.05) is 36.0 Å². The van der Waals surface area contributed by atoms with Crippen LogP contribution in [0.1, 0.15) is 29.3 Å². The van der Waals surface area contributed by atoms with Crippen LogP contribution in [0.5, 0.6) is 0 Å². The fraction of sp³-hybridized carbons (Fsp3) is 0.318. The number of esters is 1. The maximum Gasteiger partial charge on any atom is 0.339 e. The molecule has 162 valence electrons. The third-order valence-electron chi connectivity index (χ3n) is 4.97. The van der Waals surface area contributed by atoms with Crippen LogP contribution in [0.3, 0.4) is 0 Å². The first-order valence-corrected chi connectivity index (χ1v) is 12.4. The SMILES string of the molecule is CCN(C(=O)COC(=O)c1ccccc1Sc1ccccc1C#N)C1CCS(=O)(=O)C1. The lowest BCUT2D eigenvalue weighted by atomic mass is 10.2. The Labute approximate surface area is 185 Å². The maximum absolute atomic E-state index is 12.7. The van der Waals surface area contributed by atoms with Crippen molar-refractivity contribution in [2.75, 3.05) is 24.7 Å². The number of nitrogens with zero attached hydrogens (tertiary/aromatic N) is 2. The molecule has 9 heteroatoms. The van der Waals surface area contributed by atoms with E-state index in [0.29, 0.717) is 33.9 Å². The van der Waals surface area contributed by atoms with E-state index in [-0.39, 0.29) is 17.5 Å². The van der Waals surface area contributed by atoms with Crippen LogP contribution in [-0.4, -0.2) is 55.9 Å². The molecule has 31 heavy (non-hydrogen) atoms. The lowest BCUT2D eigenvalue weighted by molar-refractivity contribution is -0.136. The van der Waals surface area contributed by atoms with E-state index in [4.69, 9.17) is 4.74 Å². The van der Waals surface area contributed by atoms with Gasteiger partial charge in [0.2, 0.25) is 0 Å². The van der Waals surface area contributed by atoms with Crippen LogP contribution in [0.15, 0.2) is 58.3 Å². The molecule has 1 aliphatic heterocycles. The predicted octanol–water partition coefficient (Wildman–Crippen LogP) is 2.90. The number of hydrogen-bond acceptors (Lipinski definition) is 7. The number of carbonyl (C=O) groups is 2. The van der Waals surface area contributed by atoms with Crippen LogP contribution >= 0.6 is 11.8 Å². The van der Waals surface area contributed by atoms with Crippen molar-refractivity contribution < 1.29 is 22.7 Å². The fourth-order valence-electron chi connectivity index (χ4n) is 3.44. The molecule has 7 nitrogen and oxygen atoms in total. The van der Waals surface area contributed by atoms with Gasteiger partial charge in [-0.3, -0.25) is 4.79 Å². The highest BCUT2D eigenvalue weighted by atomic mass is 32.2. The number of sulfone groups is 1. The van der Waals surface area contributed by atoms with Gasteiger partial charge in [-0.25, -0.2) is 13.2 Å². The summed E-state index contributed by atoms with van der Waals surface area (Å²) in [6.07, 6.45) is 0.396. The number of nitriles is 1. The number of benzene rings is 2. The van der Waals surface area contributed by atoms with Crippen molar-refractivity contribution in [3.05, 3.63) is 59.7 Å². The first kappa shape index (κ1) is 22.8. The quantitative estimate of drug-likeness (QED) is 0.588. The van der Waals surface area contributed by atoms with Crippen LogP contribution in [0.2, 0.25) is 0 Å². The van der Waals surface area contributed by atoms with Gasteiger partial charge < -0.3 is 9.64 Å². The van der Waals surface area contributed by atoms with E-state index in [2.05, 4.69) is 6.07 Å². The van der Waals surface area contributed by atoms with Crippen molar-refractivity contribution in [3.8, 4) is 6.07 Å². The van der Waals surface area contributed by atoms with Gasteiger partial charge in [0, 0.05) is 22.4 Å². The molecule has 0 aromatic heterocycles. The fourth-order valence-corrected chi connectivity index (χ4v) is 6.18. The minimum absolute atomic E-state index is 0.0572. The molecule has 0 saturated carbocycles. The highest BCUT2D eigenvalue weighted by Gasteiger charge is 2.34. The Morgan fingerprint density at radius 3 is 2.48 bits per heavy atom. The third-order valence-corrected chi connectivity index (χ3v) is 7.87. The standard InChI is InChI=1S/C22H22N2O5S2/c1-2-24(17-11-12-31(27,28)15-17)21(25)14-29-22(26)18-8-4-6-10-20(18)30-19-9-5-3-7-16(19)13-23/h3-10,17H,2,11-12,14-15H2,1H3. The predicted molar refractivity (Wildman–Crippen MR) is 116 cm³/mol. The summed E-state index contributed by atoms with van der Waals surface area (Å²) in [7, 11) is -3.13. The Kier molecular flexibility index (Phi) is 7.36. The Balaban J connectivity index is 1.68. The summed E-state index contributed by atoms with van der Waals surface area (Å²) in [4.78, 5) is 28.0. The molecule has 1 heterocycles. The topological polar surface area (TPSA) is 105 Å². The normalized spacial score (nSPS) is 17.0. The summed E-state index contributed by atoms with van der Waals surface area (Å²) in [6.45, 7) is 1.65. The summed E-state index contributed by atoms with van der Waals surface area (Å²) in [6, 6.07) is 15.6. The van der Waals surface area contributed by atoms with Crippen LogP contribution in [0.4, 0.5) is 0 Å². The monoisotopic (exact) mass is 458 g/mol. The van der Waals surface area contributed by atoms with Gasteiger partial charge in [-0.15, -0.1) is 0 Å². The van der Waals surface area contributed by atoms with Crippen LogP contribution in [0, 0.1) is 11.3 Å². The molecule has 1 atom stereocenters. The number of amides is 1. The number of likely N-dealkylation sites (N-methyl/N-ethyl adjacent to an activating group) is 1. The average Bonchev–Trinajstić information content (AvgIpc) is 3.12. The maximum atomic E-state index is 12.7. The first-order chi connectivity index (χ1) is 14.8. The smallest absolute Gasteiger partial charge is 0.339 e. The second-order valence-electron chi connectivity index (χ2n) is 7.02. The highest BCUT2D eigenvalue weighted by molar-refractivity contribution is 7.99. The zero-order valence-electron chi connectivity index (χ0n) is 17.0. The molecule has 0 aliphatic carbocycles. The van der Waals surface area contributed by atoms with E-state index in [1.807, 2.05) is 6.07 Å². The van der Waals surface area contributed by atoms with Crippen molar-refractivity contribution in [2.24, 2.45) is 0 Å². The number of ether oxygens (including phenoxy) is 1. The summed E-state index contributed by atoms with van der Waals surface area (Å²) < 4.78 is 28.7. The van der Waals surface area contributed by atoms with Crippen LogP contribution in [0.25, 0.3) is 0 Å². The average molecular weight is 459 g/mol. The minimum Gasteiger partial charge on any atom is -0.452 e. The number of carbonyl (C=O) groups excluding carboxylic acids is 2. The van der Waals surface area contributed by atoms with Crippen molar-refractivity contribution in [2.45, 2.75) is 29.2 Å². The van der Waals surface area contributed by atoms with E-state index in [1.165, 1.54) is 16.7 Å². The van der Waals surface area contributed by atoms with Crippen molar-refractivity contribution in [1.82, 2.24) is 4.90 Å². The molecule has 1 amide bonds. The van der Waals surface area contributed by atoms with Gasteiger partial charge in [0.1, 0.15) is 6.07 Å². The van der Waals surface area contributed by atoms with E-state index in [9.17, 15) is 23.3 Å². The van der Waals surface area contributed by atoms with Gasteiger partial charge >= 0.3 is 5.97 Å². The van der Waals surface area contributed by atoms with E-state index in [0.717, 1.165) is 0 Å². The van der Waals surface area contributed by atoms with Crippen molar-refractivity contribution >= 4 is 33.5 Å². The zero-order chi connectivity index (χ0) is 22.4. The molecule has 0 N–H and O–H groups in total. The Morgan fingerprint density at radius 2 is 1.84 bits per heavy atom. The number of rotatable bonds is 7. The van der Waals surface area contributed by atoms with Gasteiger partial charge in [0.15, 0.2) is 16.4 Å². The molecular formula is C22H22N2O5S2. The van der Waals surface area contributed by atoms with E-state index < -0.39 is 28.3 Å². The Bertz CT molecular complexity index is 1120. The molecule has 1 unspecified atom stereocenters. The van der Waals surface area contributed by atoms with Gasteiger partial charge in [0.05, 0.1) is 22.6 Å². The second-order valence-corrected chi connectivity index (χ2v) is 10.3. The molecule has 0 bridgehead atoms. The largest absolute Gasteiger partial charge is 0.452 e. The lowest BCUT2D eigenvalue weighted by Gasteiger charge is -2.26. The molecule has 2 aromatic rings. The lowest BCUT2D eigenvalue weighted by Crippen LogP contribution is -2.43. The van der Waals surface area contributed by atoms with Gasteiger partial charge in [0.25, 0.3) is 5.91 Å². The zero-order valence-corrected chi connectivity index (χ0v) is 18.6.